The van der Waals surface area contributed by atoms with Gasteiger partial charge in [-0.25, -0.2) is 0 Å². The topological polar surface area (TPSA) is 42.2 Å². The molecule has 3 nitrogen and oxygen atoms in total. The van der Waals surface area contributed by atoms with Crippen LogP contribution >= 0.6 is 0 Å². The lowest BCUT2D eigenvalue weighted by Gasteiger charge is -2.26. The Morgan fingerprint density at radius 2 is 1.94 bits per heavy atom. The molecule has 1 aromatic carbocycles. The fourth-order valence-corrected chi connectivity index (χ4v) is 2.32. The number of methoxy groups -OCH3 is 1. The van der Waals surface area contributed by atoms with Gasteiger partial charge in [-0.15, -0.1) is 0 Å². The first kappa shape index (κ1) is 11.8. The van der Waals surface area contributed by atoms with E-state index in [4.69, 9.17) is 14.7 Å². The molecular weight excluding hydrogens is 214 g/mol. The quantitative estimate of drug-likeness (QED) is 0.801. The van der Waals surface area contributed by atoms with Gasteiger partial charge < -0.3 is 9.47 Å². The van der Waals surface area contributed by atoms with Gasteiger partial charge in [0.2, 0.25) is 0 Å². The van der Waals surface area contributed by atoms with Crippen LogP contribution in [0.5, 0.6) is 11.5 Å². The average Bonchev–Trinajstić information content (AvgIpc) is 2.75. The van der Waals surface area contributed by atoms with Crippen molar-refractivity contribution in [2.75, 3.05) is 7.11 Å². The minimum Gasteiger partial charge on any atom is -0.493 e. The fourth-order valence-electron chi connectivity index (χ4n) is 2.32. The molecule has 0 aromatic heterocycles. The molecule has 1 aliphatic rings. The van der Waals surface area contributed by atoms with Crippen molar-refractivity contribution in [3.8, 4) is 17.6 Å². The van der Waals surface area contributed by atoms with Crippen molar-refractivity contribution < 1.29 is 9.47 Å². The summed E-state index contributed by atoms with van der Waals surface area (Å²) < 4.78 is 11.3. The summed E-state index contributed by atoms with van der Waals surface area (Å²) in [6, 6.07) is 7.40. The zero-order valence-electron chi connectivity index (χ0n) is 10.3. The molecule has 0 amide bonds. The molecule has 0 heterocycles. The number of nitriles is 1. The summed E-state index contributed by atoms with van der Waals surface area (Å²) in [5, 5.41) is 8.90. The number of hydrogen-bond acceptors (Lipinski definition) is 3. The lowest BCUT2D eigenvalue weighted by molar-refractivity contribution is 0.0927. The molecule has 0 spiro atoms. The number of nitrogens with zero attached hydrogens (tertiary/aromatic N) is 1. The van der Waals surface area contributed by atoms with Crippen LogP contribution in [-0.2, 0) is 0 Å². The Kier molecular flexibility index (Phi) is 3.23. The van der Waals surface area contributed by atoms with Crippen LogP contribution in [0.3, 0.4) is 0 Å². The highest BCUT2D eigenvalue weighted by molar-refractivity contribution is 5.47. The molecule has 0 atom stereocenters. The molecule has 0 bridgehead atoms. The summed E-state index contributed by atoms with van der Waals surface area (Å²) in [5.74, 6) is 1.37. The maximum Gasteiger partial charge on any atom is 0.163 e. The number of rotatable bonds is 3. The van der Waals surface area contributed by atoms with E-state index in [1.165, 1.54) is 12.8 Å². The first-order valence-electron chi connectivity index (χ1n) is 5.94. The molecule has 0 unspecified atom stereocenters. The van der Waals surface area contributed by atoms with Crippen molar-refractivity contribution in [1.82, 2.24) is 0 Å². The van der Waals surface area contributed by atoms with E-state index < -0.39 is 0 Å². The van der Waals surface area contributed by atoms with Crippen LogP contribution in [0.4, 0.5) is 0 Å². The predicted octanol–water partition coefficient (Wildman–Crippen LogP) is 3.28. The van der Waals surface area contributed by atoms with Crippen molar-refractivity contribution in [3.05, 3.63) is 23.8 Å². The third-order valence-corrected chi connectivity index (χ3v) is 3.31. The summed E-state index contributed by atoms with van der Waals surface area (Å²) in [4.78, 5) is 0. The molecule has 0 radical (unpaired) electrons. The second kappa shape index (κ2) is 4.67. The van der Waals surface area contributed by atoms with Gasteiger partial charge in [0.15, 0.2) is 11.5 Å². The van der Waals surface area contributed by atoms with Crippen LogP contribution in [0, 0.1) is 11.3 Å². The molecule has 0 saturated heterocycles. The Hall–Kier alpha value is -1.69. The first-order valence-corrected chi connectivity index (χ1v) is 5.94. The largest absolute Gasteiger partial charge is 0.493 e. The standard InChI is InChI=1S/C14H17NO2/c1-14(7-3-4-8-14)17-13-9-11(10-15)5-6-12(13)16-2/h5-6,9H,3-4,7-8H2,1-2H3. The van der Waals surface area contributed by atoms with E-state index >= 15 is 0 Å². The second-order valence-corrected chi connectivity index (χ2v) is 4.74. The van der Waals surface area contributed by atoms with Gasteiger partial charge in [0.25, 0.3) is 0 Å². The van der Waals surface area contributed by atoms with Gasteiger partial charge in [-0.3, -0.25) is 0 Å². The fraction of sp³-hybridized carbons (Fsp3) is 0.500. The lowest BCUT2D eigenvalue weighted by Crippen LogP contribution is -2.28. The van der Waals surface area contributed by atoms with Crippen LogP contribution in [0.1, 0.15) is 38.2 Å². The Balaban J connectivity index is 2.27. The SMILES string of the molecule is COc1ccc(C#N)cc1OC1(C)CCCC1. The predicted molar refractivity (Wildman–Crippen MR) is 65.2 cm³/mol. The molecule has 2 rings (SSSR count). The lowest BCUT2D eigenvalue weighted by atomic mass is 10.1. The van der Waals surface area contributed by atoms with E-state index in [0.717, 1.165) is 12.8 Å². The Bertz CT molecular complexity index is 442. The van der Waals surface area contributed by atoms with Gasteiger partial charge >= 0.3 is 0 Å². The van der Waals surface area contributed by atoms with E-state index in [-0.39, 0.29) is 5.60 Å². The zero-order valence-corrected chi connectivity index (χ0v) is 10.3. The smallest absolute Gasteiger partial charge is 0.163 e. The molecule has 1 fully saturated rings. The molecule has 1 aliphatic carbocycles. The number of benzene rings is 1. The van der Waals surface area contributed by atoms with Crippen molar-refractivity contribution in [3.63, 3.8) is 0 Å². The van der Waals surface area contributed by atoms with E-state index in [9.17, 15) is 0 Å². The van der Waals surface area contributed by atoms with Gasteiger partial charge in [-0.05, 0) is 44.7 Å². The Labute approximate surface area is 102 Å². The molecule has 1 aromatic rings. The Morgan fingerprint density at radius 3 is 2.53 bits per heavy atom. The molecule has 90 valence electrons. The minimum atomic E-state index is -0.110. The van der Waals surface area contributed by atoms with Crippen LogP contribution in [0.25, 0.3) is 0 Å². The molecule has 17 heavy (non-hydrogen) atoms. The minimum absolute atomic E-state index is 0.110. The van der Waals surface area contributed by atoms with E-state index in [1.54, 1.807) is 25.3 Å². The summed E-state index contributed by atoms with van der Waals surface area (Å²) in [5.41, 5.74) is 0.490. The van der Waals surface area contributed by atoms with Gasteiger partial charge in [0.05, 0.1) is 18.7 Å². The van der Waals surface area contributed by atoms with Crippen LogP contribution < -0.4 is 9.47 Å². The van der Waals surface area contributed by atoms with Crippen molar-refractivity contribution in [2.24, 2.45) is 0 Å². The highest BCUT2D eigenvalue weighted by Gasteiger charge is 2.31. The monoisotopic (exact) mass is 231 g/mol. The van der Waals surface area contributed by atoms with Crippen molar-refractivity contribution in [2.45, 2.75) is 38.2 Å². The summed E-state index contributed by atoms with van der Waals surface area (Å²) in [6.45, 7) is 2.12. The summed E-state index contributed by atoms with van der Waals surface area (Å²) >= 11 is 0. The average molecular weight is 231 g/mol. The third kappa shape index (κ3) is 2.52. The number of ether oxygens (including phenoxy) is 2. The van der Waals surface area contributed by atoms with Crippen molar-refractivity contribution in [1.29, 1.82) is 5.26 Å². The molecule has 1 saturated carbocycles. The third-order valence-electron chi connectivity index (χ3n) is 3.31. The van der Waals surface area contributed by atoms with Crippen LogP contribution in [0.15, 0.2) is 18.2 Å². The molecule has 0 N–H and O–H groups in total. The summed E-state index contributed by atoms with van der Waals surface area (Å²) in [6.07, 6.45) is 4.54. The van der Waals surface area contributed by atoms with Gasteiger partial charge in [-0.1, -0.05) is 0 Å². The van der Waals surface area contributed by atoms with Crippen LogP contribution in [0.2, 0.25) is 0 Å². The van der Waals surface area contributed by atoms with Crippen molar-refractivity contribution >= 4 is 0 Å². The highest BCUT2D eigenvalue weighted by Crippen LogP contribution is 2.38. The first-order chi connectivity index (χ1) is 8.17. The highest BCUT2D eigenvalue weighted by atomic mass is 16.5. The molecule has 3 heteroatoms. The maximum atomic E-state index is 8.90. The summed E-state index contributed by atoms with van der Waals surface area (Å²) in [7, 11) is 1.62. The van der Waals surface area contributed by atoms with E-state index in [1.807, 2.05) is 0 Å². The van der Waals surface area contributed by atoms with E-state index in [2.05, 4.69) is 13.0 Å². The van der Waals surface area contributed by atoms with Gasteiger partial charge in [0.1, 0.15) is 5.60 Å². The number of hydrogen-bond donors (Lipinski definition) is 0. The molecule has 0 aliphatic heterocycles. The Morgan fingerprint density at radius 1 is 1.24 bits per heavy atom. The van der Waals surface area contributed by atoms with Gasteiger partial charge in [0, 0.05) is 6.07 Å². The van der Waals surface area contributed by atoms with E-state index in [0.29, 0.717) is 17.1 Å². The zero-order chi connectivity index (χ0) is 12.3. The molecular formula is C14H17NO2. The van der Waals surface area contributed by atoms with Crippen LogP contribution in [-0.4, -0.2) is 12.7 Å². The second-order valence-electron chi connectivity index (χ2n) is 4.74. The van der Waals surface area contributed by atoms with Gasteiger partial charge in [-0.2, -0.15) is 5.26 Å². The maximum absolute atomic E-state index is 8.90. The normalized spacial score (nSPS) is 17.5.